The fourth-order valence-corrected chi connectivity index (χ4v) is 2.03. The zero-order valence-electron chi connectivity index (χ0n) is 10.8. The number of hydrogen-bond acceptors (Lipinski definition) is 4. The molecule has 21 heavy (non-hydrogen) atoms. The number of nitro groups is 1. The van der Waals surface area contributed by atoms with Crippen molar-refractivity contribution in [3.05, 3.63) is 62.1 Å². The number of benzene rings is 2. The van der Waals surface area contributed by atoms with Gasteiger partial charge in [0.15, 0.2) is 0 Å². The van der Waals surface area contributed by atoms with Crippen molar-refractivity contribution < 1.29 is 14.8 Å². The fraction of sp³-hybridized carbons (Fsp3) is 0.143. The highest BCUT2D eigenvalue weighted by atomic mass is 35.5. The van der Waals surface area contributed by atoms with E-state index in [1.54, 1.807) is 24.3 Å². The van der Waals surface area contributed by atoms with Crippen molar-refractivity contribution >= 4 is 28.9 Å². The highest BCUT2D eigenvalue weighted by Crippen LogP contribution is 2.38. The first-order valence-corrected chi connectivity index (χ1v) is 6.78. The van der Waals surface area contributed by atoms with Crippen LogP contribution < -0.4 is 4.74 Å². The van der Waals surface area contributed by atoms with E-state index in [2.05, 4.69) is 0 Å². The predicted octanol–water partition coefficient (Wildman–Crippen LogP) is 4.23. The van der Waals surface area contributed by atoms with Crippen molar-refractivity contribution in [2.24, 2.45) is 0 Å². The number of aliphatic hydroxyl groups excluding tert-OH is 1. The summed E-state index contributed by atoms with van der Waals surface area (Å²) in [6.07, 6.45) is 0.535. The summed E-state index contributed by atoms with van der Waals surface area (Å²) < 4.78 is 5.49. The molecule has 0 saturated heterocycles. The van der Waals surface area contributed by atoms with Crippen LogP contribution in [-0.4, -0.2) is 16.6 Å². The van der Waals surface area contributed by atoms with E-state index >= 15 is 0 Å². The second-order valence-corrected chi connectivity index (χ2v) is 5.03. The minimum absolute atomic E-state index is 0.0179. The van der Waals surface area contributed by atoms with E-state index in [1.165, 1.54) is 6.07 Å². The molecule has 0 heterocycles. The van der Waals surface area contributed by atoms with E-state index in [-0.39, 0.29) is 28.1 Å². The molecule has 0 atom stereocenters. The molecular formula is C14H11Cl2NO4. The highest BCUT2D eigenvalue weighted by Gasteiger charge is 2.19. The molecule has 110 valence electrons. The average molecular weight is 328 g/mol. The Morgan fingerprint density at radius 1 is 1.14 bits per heavy atom. The van der Waals surface area contributed by atoms with Crippen LogP contribution in [0.3, 0.4) is 0 Å². The first-order chi connectivity index (χ1) is 10.0. The van der Waals surface area contributed by atoms with E-state index in [4.69, 9.17) is 33.0 Å². The van der Waals surface area contributed by atoms with Gasteiger partial charge in [-0.15, -0.1) is 0 Å². The first kappa shape index (κ1) is 15.6. The first-order valence-electron chi connectivity index (χ1n) is 6.02. The highest BCUT2D eigenvalue weighted by molar-refractivity contribution is 6.42. The summed E-state index contributed by atoms with van der Waals surface area (Å²) in [7, 11) is 0. The monoisotopic (exact) mass is 327 g/mol. The molecule has 0 aliphatic rings. The molecule has 5 nitrogen and oxygen atoms in total. The molecule has 0 amide bonds. The maximum atomic E-state index is 11.0. The van der Waals surface area contributed by atoms with Crippen LogP contribution in [0.2, 0.25) is 10.0 Å². The molecule has 0 aromatic heterocycles. The number of aliphatic hydroxyl groups is 1. The fourth-order valence-electron chi connectivity index (χ4n) is 1.72. The molecule has 0 unspecified atom stereocenters. The largest absolute Gasteiger partial charge is 0.450 e. The third kappa shape index (κ3) is 3.85. The van der Waals surface area contributed by atoms with Crippen LogP contribution in [0.5, 0.6) is 11.5 Å². The van der Waals surface area contributed by atoms with Gasteiger partial charge >= 0.3 is 5.69 Å². The third-order valence-corrected chi connectivity index (χ3v) is 3.47. The summed E-state index contributed by atoms with van der Waals surface area (Å²) in [5, 5.41) is 20.1. The number of ether oxygens (including phenoxy) is 1. The summed E-state index contributed by atoms with van der Waals surface area (Å²) >= 11 is 11.6. The van der Waals surface area contributed by atoms with Crippen LogP contribution in [0.1, 0.15) is 5.56 Å². The lowest BCUT2D eigenvalue weighted by molar-refractivity contribution is -0.385. The zero-order valence-corrected chi connectivity index (χ0v) is 12.3. The lowest BCUT2D eigenvalue weighted by atomic mass is 10.1. The number of nitrogens with zero attached hydrogens (tertiary/aromatic N) is 1. The lowest BCUT2D eigenvalue weighted by Crippen LogP contribution is -1.95. The third-order valence-electron chi connectivity index (χ3n) is 2.75. The lowest BCUT2D eigenvalue weighted by Gasteiger charge is -2.08. The van der Waals surface area contributed by atoms with E-state index in [9.17, 15) is 10.1 Å². The molecular weight excluding hydrogens is 317 g/mol. The Labute approximate surface area is 130 Å². The van der Waals surface area contributed by atoms with Crippen molar-refractivity contribution in [1.29, 1.82) is 0 Å². The summed E-state index contributed by atoms with van der Waals surface area (Å²) in [6.45, 7) is 0.0540. The Morgan fingerprint density at radius 3 is 2.33 bits per heavy atom. The summed E-state index contributed by atoms with van der Waals surface area (Å²) in [6, 6.07) is 9.33. The Hall–Kier alpha value is -1.82. The molecule has 0 fully saturated rings. The minimum Gasteiger partial charge on any atom is -0.450 e. The van der Waals surface area contributed by atoms with Gasteiger partial charge in [-0.2, -0.15) is 0 Å². The van der Waals surface area contributed by atoms with Crippen molar-refractivity contribution in [3.8, 4) is 11.5 Å². The van der Waals surface area contributed by atoms with Crippen LogP contribution in [-0.2, 0) is 6.42 Å². The molecule has 0 aliphatic carbocycles. The quantitative estimate of drug-likeness (QED) is 0.658. The SMILES string of the molecule is O=[N+]([O-])c1cc(Cl)c(Cl)cc1Oc1ccc(CCO)cc1. The van der Waals surface area contributed by atoms with Crippen LogP contribution >= 0.6 is 23.2 Å². The zero-order chi connectivity index (χ0) is 15.4. The predicted molar refractivity (Wildman–Crippen MR) is 80.4 cm³/mol. The molecule has 0 radical (unpaired) electrons. The standard InChI is InChI=1S/C14H11Cl2NO4/c15-11-7-13(17(19)20)14(8-12(11)16)21-10-3-1-9(2-4-10)5-6-18/h1-4,7-8,18H,5-6H2. The normalized spacial score (nSPS) is 10.4. The van der Waals surface area contributed by atoms with Gasteiger partial charge in [0.05, 0.1) is 15.0 Å². The molecule has 2 aromatic carbocycles. The van der Waals surface area contributed by atoms with Crippen LogP contribution in [0.25, 0.3) is 0 Å². The van der Waals surface area contributed by atoms with Crippen molar-refractivity contribution in [1.82, 2.24) is 0 Å². The molecule has 2 rings (SSSR count). The Bertz CT molecular complexity index is 659. The van der Waals surface area contributed by atoms with E-state index in [0.717, 1.165) is 11.6 Å². The van der Waals surface area contributed by atoms with Gasteiger partial charge in [-0.1, -0.05) is 35.3 Å². The van der Waals surface area contributed by atoms with Gasteiger partial charge in [-0.3, -0.25) is 10.1 Å². The van der Waals surface area contributed by atoms with Gasteiger partial charge in [0.2, 0.25) is 5.75 Å². The van der Waals surface area contributed by atoms with E-state index in [0.29, 0.717) is 12.2 Å². The van der Waals surface area contributed by atoms with Crippen molar-refractivity contribution in [2.75, 3.05) is 6.61 Å². The molecule has 7 heteroatoms. The Morgan fingerprint density at radius 2 is 1.76 bits per heavy atom. The van der Waals surface area contributed by atoms with Crippen LogP contribution in [0, 0.1) is 10.1 Å². The number of hydrogen-bond donors (Lipinski definition) is 1. The van der Waals surface area contributed by atoms with Crippen LogP contribution in [0.4, 0.5) is 5.69 Å². The molecule has 2 aromatic rings. The van der Waals surface area contributed by atoms with Crippen LogP contribution in [0.15, 0.2) is 36.4 Å². The second-order valence-electron chi connectivity index (χ2n) is 4.21. The number of rotatable bonds is 5. The number of halogens is 2. The van der Waals surface area contributed by atoms with Crippen molar-refractivity contribution in [2.45, 2.75) is 6.42 Å². The average Bonchev–Trinajstić information content (AvgIpc) is 2.44. The van der Waals surface area contributed by atoms with Gasteiger partial charge in [-0.25, -0.2) is 0 Å². The second kappa shape index (κ2) is 6.76. The van der Waals surface area contributed by atoms with Gasteiger partial charge in [0.1, 0.15) is 5.75 Å². The molecule has 0 saturated carbocycles. The van der Waals surface area contributed by atoms with Gasteiger partial charge in [0, 0.05) is 18.7 Å². The molecule has 0 bridgehead atoms. The maximum absolute atomic E-state index is 11.0. The molecule has 1 N–H and O–H groups in total. The minimum atomic E-state index is -0.586. The summed E-state index contributed by atoms with van der Waals surface area (Å²) in [5.74, 6) is 0.447. The smallest absolute Gasteiger partial charge is 0.313 e. The van der Waals surface area contributed by atoms with E-state index in [1.807, 2.05) is 0 Å². The Balaban J connectivity index is 2.30. The molecule has 0 spiro atoms. The van der Waals surface area contributed by atoms with Crippen molar-refractivity contribution in [3.63, 3.8) is 0 Å². The van der Waals surface area contributed by atoms with E-state index < -0.39 is 4.92 Å². The number of nitro benzene ring substituents is 1. The summed E-state index contributed by atoms with van der Waals surface area (Å²) in [5.41, 5.74) is 0.678. The molecule has 0 aliphatic heterocycles. The Kier molecular flexibility index (Phi) is 5.01. The van der Waals surface area contributed by atoms with Gasteiger partial charge in [0.25, 0.3) is 0 Å². The topological polar surface area (TPSA) is 72.6 Å². The van der Waals surface area contributed by atoms with Gasteiger partial charge in [-0.05, 0) is 24.1 Å². The van der Waals surface area contributed by atoms with Gasteiger partial charge < -0.3 is 9.84 Å². The summed E-state index contributed by atoms with van der Waals surface area (Å²) in [4.78, 5) is 10.4. The maximum Gasteiger partial charge on any atom is 0.313 e.